The first-order chi connectivity index (χ1) is 8.66. The van der Waals surface area contributed by atoms with Crippen LogP contribution in [0.5, 0.6) is 5.75 Å². The van der Waals surface area contributed by atoms with Crippen molar-refractivity contribution >= 4 is 27.5 Å². The molecular weight excluding hydrogens is 228 g/mol. The smallest absolute Gasteiger partial charge is 0.335 e. The zero-order chi connectivity index (χ0) is 12.7. The lowest BCUT2D eigenvalue weighted by Crippen LogP contribution is -1.95. The SMILES string of the molecule is O=C(O)c1cc(O)c2c(ccc3ccccc32)c1. The Kier molecular flexibility index (Phi) is 2.20. The van der Waals surface area contributed by atoms with E-state index in [4.69, 9.17) is 5.11 Å². The zero-order valence-electron chi connectivity index (χ0n) is 9.42. The lowest BCUT2D eigenvalue weighted by Gasteiger charge is -2.07. The van der Waals surface area contributed by atoms with E-state index in [1.165, 1.54) is 6.07 Å². The minimum atomic E-state index is -1.04. The summed E-state index contributed by atoms with van der Waals surface area (Å²) in [4.78, 5) is 10.9. The Morgan fingerprint density at radius 3 is 2.44 bits per heavy atom. The molecule has 3 aromatic rings. The van der Waals surface area contributed by atoms with Gasteiger partial charge in [0.2, 0.25) is 0 Å². The molecule has 0 saturated heterocycles. The number of carbonyl (C=O) groups is 1. The monoisotopic (exact) mass is 238 g/mol. The number of phenols is 1. The predicted molar refractivity (Wildman–Crippen MR) is 70.1 cm³/mol. The van der Waals surface area contributed by atoms with Crippen LogP contribution in [-0.2, 0) is 0 Å². The molecule has 0 radical (unpaired) electrons. The van der Waals surface area contributed by atoms with Gasteiger partial charge in [-0.3, -0.25) is 0 Å². The highest BCUT2D eigenvalue weighted by molar-refractivity contribution is 6.12. The van der Waals surface area contributed by atoms with E-state index >= 15 is 0 Å². The van der Waals surface area contributed by atoms with Gasteiger partial charge < -0.3 is 10.2 Å². The molecule has 3 heteroatoms. The Labute approximate surface area is 103 Å². The number of aromatic carboxylic acids is 1. The van der Waals surface area contributed by atoms with E-state index in [0.717, 1.165) is 16.2 Å². The second-order valence-corrected chi connectivity index (χ2v) is 4.19. The number of carboxylic acids is 1. The summed E-state index contributed by atoms with van der Waals surface area (Å²) in [5, 5.41) is 22.4. The molecule has 0 atom stereocenters. The molecule has 0 saturated carbocycles. The number of hydrogen-bond acceptors (Lipinski definition) is 2. The summed E-state index contributed by atoms with van der Waals surface area (Å²) in [5.41, 5.74) is 0.0929. The van der Waals surface area contributed by atoms with Gasteiger partial charge in [0.25, 0.3) is 0 Å². The van der Waals surface area contributed by atoms with E-state index in [-0.39, 0.29) is 11.3 Å². The molecule has 0 aliphatic carbocycles. The Balaban J connectivity index is 2.49. The van der Waals surface area contributed by atoms with E-state index < -0.39 is 5.97 Å². The van der Waals surface area contributed by atoms with Gasteiger partial charge in [0.05, 0.1) is 5.56 Å². The molecule has 0 heterocycles. The third kappa shape index (κ3) is 1.49. The summed E-state index contributed by atoms with van der Waals surface area (Å²) in [6, 6.07) is 14.3. The Morgan fingerprint density at radius 1 is 0.944 bits per heavy atom. The van der Waals surface area contributed by atoms with E-state index in [0.29, 0.717) is 5.39 Å². The van der Waals surface area contributed by atoms with Crippen molar-refractivity contribution in [3.05, 3.63) is 54.1 Å². The van der Waals surface area contributed by atoms with Crippen molar-refractivity contribution in [1.29, 1.82) is 0 Å². The van der Waals surface area contributed by atoms with Gasteiger partial charge in [-0.25, -0.2) is 4.79 Å². The van der Waals surface area contributed by atoms with Crippen molar-refractivity contribution in [2.45, 2.75) is 0 Å². The number of aromatic hydroxyl groups is 1. The molecule has 0 unspecified atom stereocenters. The summed E-state index contributed by atoms with van der Waals surface area (Å²) < 4.78 is 0. The van der Waals surface area contributed by atoms with Crippen LogP contribution in [-0.4, -0.2) is 16.2 Å². The number of rotatable bonds is 1. The molecule has 3 nitrogen and oxygen atoms in total. The van der Waals surface area contributed by atoms with Gasteiger partial charge in [0, 0.05) is 5.39 Å². The molecule has 0 aromatic heterocycles. The summed E-state index contributed by atoms with van der Waals surface area (Å²) in [6.07, 6.45) is 0. The lowest BCUT2D eigenvalue weighted by molar-refractivity contribution is 0.0696. The van der Waals surface area contributed by atoms with Crippen LogP contribution in [0.15, 0.2) is 48.5 Å². The minimum Gasteiger partial charge on any atom is -0.507 e. The van der Waals surface area contributed by atoms with Crippen molar-refractivity contribution in [1.82, 2.24) is 0 Å². The molecule has 0 bridgehead atoms. The zero-order valence-corrected chi connectivity index (χ0v) is 9.42. The van der Waals surface area contributed by atoms with Gasteiger partial charge in [-0.2, -0.15) is 0 Å². The number of benzene rings is 3. The van der Waals surface area contributed by atoms with E-state index in [1.54, 1.807) is 6.07 Å². The van der Waals surface area contributed by atoms with E-state index in [1.807, 2.05) is 36.4 Å². The summed E-state index contributed by atoms with van der Waals surface area (Å²) in [5.74, 6) is -1.04. The molecule has 0 fully saturated rings. The van der Waals surface area contributed by atoms with Crippen molar-refractivity contribution in [3.63, 3.8) is 0 Å². The maximum atomic E-state index is 10.9. The fourth-order valence-electron chi connectivity index (χ4n) is 2.25. The highest BCUT2D eigenvalue weighted by atomic mass is 16.4. The summed E-state index contributed by atoms with van der Waals surface area (Å²) >= 11 is 0. The van der Waals surface area contributed by atoms with Gasteiger partial charge in [-0.1, -0.05) is 36.4 Å². The third-order valence-electron chi connectivity index (χ3n) is 3.07. The molecule has 0 aliphatic heterocycles. The molecule has 3 rings (SSSR count). The molecule has 88 valence electrons. The normalized spacial score (nSPS) is 10.9. The van der Waals surface area contributed by atoms with Gasteiger partial charge >= 0.3 is 5.97 Å². The maximum Gasteiger partial charge on any atom is 0.335 e. The van der Waals surface area contributed by atoms with Gasteiger partial charge in [0.15, 0.2) is 0 Å². The van der Waals surface area contributed by atoms with Crippen molar-refractivity contribution in [3.8, 4) is 5.75 Å². The minimum absolute atomic E-state index is 0.00157. The van der Waals surface area contributed by atoms with Crippen LogP contribution in [0.3, 0.4) is 0 Å². The van der Waals surface area contributed by atoms with Crippen molar-refractivity contribution in [2.24, 2.45) is 0 Å². The Morgan fingerprint density at radius 2 is 1.67 bits per heavy atom. The van der Waals surface area contributed by atoms with Crippen LogP contribution in [0.25, 0.3) is 21.5 Å². The fourth-order valence-corrected chi connectivity index (χ4v) is 2.25. The molecule has 0 spiro atoms. The number of phenolic OH excluding ortho intramolecular Hbond substituents is 1. The number of fused-ring (bicyclic) bond motifs is 3. The second-order valence-electron chi connectivity index (χ2n) is 4.19. The molecule has 18 heavy (non-hydrogen) atoms. The largest absolute Gasteiger partial charge is 0.507 e. The van der Waals surface area contributed by atoms with Crippen LogP contribution in [0.1, 0.15) is 10.4 Å². The topological polar surface area (TPSA) is 57.5 Å². The standard InChI is InChI=1S/C15H10O3/c16-13-8-11(15(17)18)7-10-6-5-9-3-1-2-4-12(9)14(10)13/h1-8,16H,(H,17,18). The Bertz CT molecular complexity index is 775. The van der Waals surface area contributed by atoms with Crippen LogP contribution >= 0.6 is 0 Å². The molecule has 2 N–H and O–H groups in total. The van der Waals surface area contributed by atoms with Gasteiger partial charge in [0.1, 0.15) is 5.75 Å². The van der Waals surface area contributed by atoms with Crippen molar-refractivity contribution in [2.75, 3.05) is 0 Å². The molecule has 0 aliphatic rings. The first kappa shape index (κ1) is 10.6. The average Bonchev–Trinajstić information content (AvgIpc) is 2.37. The van der Waals surface area contributed by atoms with Crippen LogP contribution in [0, 0.1) is 0 Å². The maximum absolute atomic E-state index is 10.9. The quantitative estimate of drug-likeness (QED) is 0.639. The fraction of sp³-hybridized carbons (Fsp3) is 0. The summed E-state index contributed by atoms with van der Waals surface area (Å²) in [7, 11) is 0. The van der Waals surface area contributed by atoms with E-state index in [9.17, 15) is 9.90 Å². The number of carboxylic acid groups (broad SMARTS) is 1. The van der Waals surface area contributed by atoms with E-state index in [2.05, 4.69) is 0 Å². The molecule has 3 aromatic carbocycles. The molecule has 0 amide bonds. The third-order valence-corrected chi connectivity index (χ3v) is 3.07. The van der Waals surface area contributed by atoms with Gasteiger partial charge in [-0.05, 0) is 28.3 Å². The lowest BCUT2D eigenvalue weighted by atomic mass is 9.99. The highest BCUT2D eigenvalue weighted by Gasteiger charge is 2.10. The van der Waals surface area contributed by atoms with Gasteiger partial charge in [-0.15, -0.1) is 0 Å². The average molecular weight is 238 g/mol. The first-order valence-electron chi connectivity index (χ1n) is 5.54. The second kappa shape index (κ2) is 3.74. The molecular formula is C15H10O3. The Hall–Kier alpha value is -2.55. The first-order valence-corrected chi connectivity index (χ1v) is 5.54. The summed E-state index contributed by atoms with van der Waals surface area (Å²) in [6.45, 7) is 0. The van der Waals surface area contributed by atoms with Crippen LogP contribution < -0.4 is 0 Å². The van der Waals surface area contributed by atoms with Crippen LogP contribution in [0.4, 0.5) is 0 Å². The van der Waals surface area contributed by atoms with Crippen molar-refractivity contribution < 1.29 is 15.0 Å². The predicted octanol–water partition coefficient (Wildman–Crippen LogP) is 3.40. The van der Waals surface area contributed by atoms with Crippen LogP contribution in [0.2, 0.25) is 0 Å². The number of hydrogen-bond donors (Lipinski definition) is 2. The highest BCUT2D eigenvalue weighted by Crippen LogP contribution is 2.33.